The smallest absolute Gasteiger partial charge is 0.269 e. The Labute approximate surface area is 180 Å². The highest BCUT2D eigenvalue weighted by atomic mass is 32.2. The number of hydrazine groups is 1. The summed E-state index contributed by atoms with van der Waals surface area (Å²) in [6.45, 7) is 3.72. The van der Waals surface area contributed by atoms with Crippen LogP contribution in [0.1, 0.15) is 24.2 Å². The molecule has 2 aromatic rings. The molecular weight excluding hydrogens is 446 g/mol. The Morgan fingerprint density at radius 2 is 1.48 bits per heavy atom. The number of carbonyl (C=O) groups is 2. The van der Waals surface area contributed by atoms with Crippen molar-refractivity contribution >= 4 is 37.4 Å². The van der Waals surface area contributed by atoms with E-state index in [1.165, 1.54) is 36.4 Å². The highest BCUT2D eigenvalue weighted by Gasteiger charge is 2.18. The van der Waals surface area contributed by atoms with Crippen molar-refractivity contribution in [1.29, 1.82) is 0 Å². The maximum Gasteiger partial charge on any atom is 0.269 e. The summed E-state index contributed by atoms with van der Waals surface area (Å²) < 4.78 is 54.9. The van der Waals surface area contributed by atoms with E-state index in [2.05, 4.69) is 10.1 Å². The Balaban J connectivity index is 1.88. The fraction of sp³-hybridized carbons (Fsp3) is 0.263. The average molecular weight is 470 g/mol. The molecule has 10 nitrogen and oxygen atoms in total. The van der Waals surface area contributed by atoms with Crippen molar-refractivity contribution in [2.45, 2.75) is 24.8 Å². The maximum absolute atomic E-state index is 12.1. The normalized spacial score (nSPS) is 11.6. The Morgan fingerprint density at radius 1 is 0.903 bits per heavy atom. The molecule has 0 aliphatic carbocycles. The predicted molar refractivity (Wildman–Crippen MR) is 115 cm³/mol. The van der Waals surface area contributed by atoms with E-state index in [4.69, 9.17) is 4.74 Å². The van der Waals surface area contributed by atoms with Gasteiger partial charge in [-0.25, -0.2) is 16.8 Å². The molecule has 0 aromatic heterocycles. The van der Waals surface area contributed by atoms with Gasteiger partial charge in [-0.15, -0.1) is 0 Å². The zero-order chi connectivity index (χ0) is 23.2. The summed E-state index contributed by atoms with van der Waals surface area (Å²) in [5.74, 6) is -2.05. The number of anilines is 1. The molecule has 168 valence electrons. The molecule has 0 atom stereocenters. The number of benzene rings is 2. The molecule has 0 unspecified atom stereocenters. The van der Waals surface area contributed by atoms with Crippen molar-refractivity contribution in [3.05, 3.63) is 54.1 Å². The third-order valence-corrected chi connectivity index (χ3v) is 6.00. The van der Waals surface area contributed by atoms with Crippen LogP contribution in [-0.4, -0.2) is 46.8 Å². The highest BCUT2D eigenvalue weighted by molar-refractivity contribution is 7.93. The van der Waals surface area contributed by atoms with E-state index in [9.17, 15) is 26.4 Å². The van der Waals surface area contributed by atoms with Gasteiger partial charge in [-0.05, 0) is 62.4 Å². The van der Waals surface area contributed by atoms with E-state index in [1.54, 1.807) is 12.1 Å². The minimum atomic E-state index is -4.03. The number of carbonyl (C=O) groups excluding carboxylic acids is 2. The minimum Gasteiger partial charge on any atom is -0.491 e. The van der Waals surface area contributed by atoms with E-state index < -0.39 is 37.4 Å². The molecule has 0 bridgehead atoms. The number of amides is 2. The van der Waals surface area contributed by atoms with Gasteiger partial charge in [0.05, 0.1) is 11.0 Å². The average Bonchev–Trinajstić information content (AvgIpc) is 2.66. The molecule has 0 radical (unpaired) electrons. The fourth-order valence-electron chi connectivity index (χ4n) is 2.35. The number of sulfonamides is 1. The molecule has 2 rings (SSSR count). The van der Waals surface area contributed by atoms with Crippen LogP contribution in [0.4, 0.5) is 5.69 Å². The number of nitrogens with one attached hydrogen (secondary N) is 3. The quantitative estimate of drug-likeness (QED) is 0.490. The van der Waals surface area contributed by atoms with Gasteiger partial charge in [-0.2, -0.15) is 0 Å². The zero-order valence-electron chi connectivity index (χ0n) is 17.1. The van der Waals surface area contributed by atoms with Crippen molar-refractivity contribution in [2.24, 2.45) is 0 Å². The molecule has 0 spiro atoms. The molecule has 0 heterocycles. The third-order valence-electron chi connectivity index (χ3n) is 3.68. The topological polar surface area (TPSA) is 148 Å². The molecule has 3 N–H and O–H groups in total. The highest BCUT2D eigenvalue weighted by Crippen LogP contribution is 2.18. The van der Waals surface area contributed by atoms with Crippen LogP contribution in [-0.2, 0) is 24.7 Å². The standard InChI is InChI=1S/C19H23N3O7S2/c1-13(2)29-16-8-6-15(7-9-16)22-31(27,28)12-18(23)20-21-19(24)14-4-10-17(11-5-14)30(3,25)26/h4-11,13,22H,12H2,1-3H3,(H,20,23)(H,21,24). The second-order valence-corrected chi connectivity index (χ2v) is 10.6. The number of ether oxygens (including phenoxy) is 1. The lowest BCUT2D eigenvalue weighted by atomic mass is 10.2. The van der Waals surface area contributed by atoms with Crippen molar-refractivity contribution in [3.63, 3.8) is 0 Å². The summed E-state index contributed by atoms with van der Waals surface area (Å²) >= 11 is 0. The van der Waals surface area contributed by atoms with Gasteiger partial charge in [0.25, 0.3) is 11.8 Å². The summed E-state index contributed by atoms with van der Waals surface area (Å²) in [4.78, 5) is 24.0. The Hall–Kier alpha value is -3.12. The first-order valence-corrected chi connectivity index (χ1v) is 12.6. The predicted octanol–water partition coefficient (Wildman–Crippen LogP) is 1.08. The van der Waals surface area contributed by atoms with E-state index in [-0.39, 0.29) is 22.3 Å². The van der Waals surface area contributed by atoms with Gasteiger partial charge in [0.1, 0.15) is 11.5 Å². The van der Waals surface area contributed by atoms with E-state index in [1.807, 2.05) is 19.3 Å². The largest absolute Gasteiger partial charge is 0.491 e. The molecule has 12 heteroatoms. The fourth-order valence-corrected chi connectivity index (χ4v) is 3.97. The Morgan fingerprint density at radius 3 is 2.00 bits per heavy atom. The SMILES string of the molecule is CC(C)Oc1ccc(NS(=O)(=O)CC(=O)NNC(=O)c2ccc(S(C)(=O)=O)cc2)cc1. The van der Waals surface area contributed by atoms with Crippen LogP contribution < -0.4 is 20.3 Å². The maximum atomic E-state index is 12.1. The summed E-state index contributed by atoms with van der Waals surface area (Å²) in [7, 11) is -7.43. The lowest BCUT2D eigenvalue weighted by Crippen LogP contribution is -2.44. The number of hydrogen-bond donors (Lipinski definition) is 3. The zero-order valence-corrected chi connectivity index (χ0v) is 18.7. The van der Waals surface area contributed by atoms with Gasteiger partial charge in [0.2, 0.25) is 10.0 Å². The lowest BCUT2D eigenvalue weighted by Gasteiger charge is -2.12. The van der Waals surface area contributed by atoms with Crippen LogP contribution >= 0.6 is 0 Å². The van der Waals surface area contributed by atoms with Crippen LogP contribution in [0.25, 0.3) is 0 Å². The van der Waals surface area contributed by atoms with Crippen LogP contribution in [0.2, 0.25) is 0 Å². The van der Waals surface area contributed by atoms with Gasteiger partial charge in [0.15, 0.2) is 9.84 Å². The summed E-state index contributed by atoms with van der Waals surface area (Å²) in [6, 6.07) is 11.2. The first-order chi connectivity index (χ1) is 14.4. The monoisotopic (exact) mass is 469 g/mol. The van der Waals surface area contributed by atoms with E-state index in [0.717, 1.165) is 6.26 Å². The van der Waals surface area contributed by atoms with Gasteiger partial charge >= 0.3 is 0 Å². The van der Waals surface area contributed by atoms with Crippen molar-refractivity contribution in [1.82, 2.24) is 10.9 Å². The Kier molecular flexibility index (Phi) is 7.63. The summed E-state index contributed by atoms with van der Waals surface area (Å²) in [5, 5.41) is 0. The molecule has 0 aliphatic rings. The molecule has 0 saturated heterocycles. The molecule has 0 aliphatic heterocycles. The number of sulfone groups is 1. The summed E-state index contributed by atoms with van der Waals surface area (Å²) in [6.07, 6.45) is 1.00. The molecule has 2 amide bonds. The van der Waals surface area contributed by atoms with Crippen LogP contribution in [0.15, 0.2) is 53.4 Å². The van der Waals surface area contributed by atoms with Gasteiger partial charge in [-0.3, -0.25) is 25.2 Å². The first-order valence-electron chi connectivity index (χ1n) is 9.02. The Bertz CT molecular complexity index is 1140. The molecule has 0 fully saturated rings. The van der Waals surface area contributed by atoms with Crippen molar-refractivity contribution in [3.8, 4) is 5.75 Å². The first kappa shape index (κ1) is 24.2. The second kappa shape index (κ2) is 9.79. The minimum absolute atomic E-state index is 0.0286. The van der Waals surface area contributed by atoms with Gasteiger partial charge < -0.3 is 4.74 Å². The third kappa shape index (κ3) is 7.90. The number of hydrogen-bond acceptors (Lipinski definition) is 7. The number of rotatable bonds is 8. The lowest BCUT2D eigenvalue weighted by molar-refractivity contribution is -0.119. The van der Waals surface area contributed by atoms with Crippen molar-refractivity contribution in [2.75, 3.05) is 16.7 Å². The van der Waals surface area contributed by atoms with E-state index in [0.29, 0.717) is 5.75 Å². The van der Waals surface area contributed by atoms with Crippen LogP contribution in [0.5, 0.6) is 5.75 Å². The summed E-state index contributed by atoms with van der Waals surface area (Å²) in [5.41, 5.74) is 4.40. The molecule has 0 saturated carbocycles. The van der Waals surface area contributed by atoms with Crippen LogP contribution in [0.3, 0.4) is 0 Å². The second-order valence-electron chi connectivity index (χ2n) is 6.85. The molecule has 31 heavy (non-hydrogen) atoms. The molecular formula is C19H23N3O7S2. The van der Waals surface area contributed by atoms with Gasteiger partial charge in [0, 0.05) is 17.5 Å². The van der Waals surface area contributed by atoms with Gasteiger partial charge in [-0.1, -0.05) is 0 Å². The van der Waals surface area contributed by atoms with Crippen molar-refractivity contribution < 1.29 is 31.2 Å². The van der Waals surface area contributed by atoms with E-state index >= 15 is 0 Å². The molecule has 2 aromatic carbocycles. The van der Waals surface area contributed by atoms with Crippen LogP contribution in [0, 0.1) is 0 Å².